The Hall–Kier alpha value is -1.10. The van der Waals surface area contributed by atoms with Crippen molar-refractivity contribution in [2.45, 2.75) is 25.8 Å². The number of ether oxygens (including phenoxy) is 1. The van der Waals surface area contributed by atoms with Crippen LogP contribution in [0.25, 0.3) is 0 Å². The van der Waals surface area contributed by atoms with Crippen molar-refractivity contribution in [1.82, 2.24) is 4.90 Å². The number of carboxylic acid groups (broad SMARTS) is 1. The molecule has 0 aromatic rings. The highest BCUT2D eigenvalue weighted by atomic mass is 16.5. The Kier molecular flexibility index (Phi) is 4.08. The summed E-state index contributed by atoms with van der Waals surface area (Å²) >= 11 is 0. The summed E-state index contributed by atoms with van der Waals surface area (Å²) in [5, 5.41) is 8.88. The second kappa shape index (κ2) is 5.11. The van der Waals surface area contributed by atoms with Gasteiger partial charge in [-0.25, -0.2) is 0 Å². The van der Waals surface area contributed by atoms with Crippen LogP contribution in [0.1, 0.15) is 19.8 Å². The van der Waals surface area contributed by atoms with E-state index in [1.54, 1.807) is 4.90 Å². The molecule has 2 atom stereocenters. The number of carbonyl (C=O) groups is 2. The van der Waals surface area contributed by atoms with Crippen molar-refractivity contribution in [3.63, 3.8) is 0 Å². The van der Waals surface area contributed by atoms with Gasteiger partial charge in [-0.15, -0.1) is 0 Å². The summed E-state index contributed by atoms with van der Waals surface area (Å²) in [5.41, 5.74) is 0. The van der Waals surface area contributed by atoms with Gasteiger partial charge >= 0.3 is 5.97 Å². The molecule has 86 valence electrons. The van der Waals surface area contributed by atoms with Crippen molar-refractivity contribution in [2.75, 3.05) is 20.3 Å². The van der Waals surface area contributed by atoms with Crippen molar-refractivity contribution in [3.05, 3.63) is 0 Å². The van der Waals surface area contributed by atoms with Crippen molar-refractivity contribution in [3.8, 4) is 0 Å². The van der Waals surface area contributed by atoms with E-state index in [1.807, 2.05) is 6.92 Å². The molecular weight excluding hydrogens is 198 g/mol. The van der Waals surface area contributed by atoms with E-state index in [0.29, 0.717) is 13.0 Å². The molecule has 0 radical (unpaired) electrons. The molecule has 0 bridgehead atoms. The Morgan fingerprint density at radius 3 is 2.67 bits per heavy atom. The number of hydrogen-bond donors (Lipinski definition) is 1. The zero-order chi connectivity index (χ0) is 11.4. The van der Waals surface area contributed by atoms with Crippen LogP contribution in [-0.2, 0) is 14.3 Å². The maximum Gasteiger partial charge on any atom is 0.308 e. The topological polar surface area (TPSA) is 66.8 Å². The van der Waals surface area contributed by atoms with Crippen molar-refractivity contribution >= 4 is 11.9 Å². The summed E-state index contributed by atoms with van der Waals surface area (Å²) in [6, 6.07) is 0.114. The molecule has 1 N–H and O–H groups in total. The van der Waals surface area contributed by atoms with Gasteiger partial charge in [-0.05, 0) is 19.8 Å². The summed E-state index contributed by atoms with van der Waals surface area (Å²) < 4.78 is 4.76. The quantitative estimate of drug-likeness (QED) is 0.737. The molecule has 0 aromatic heterocycles. The average Bonchev–Trinajstić information content (AvgIpc) is 2.18. The fourth-order valence-electron chi connectivity index (χ4n) is 1.86. The van der Waals surface area contributed by atoms with Gasteiger partial charge in [-0.2, -0.15) is 0 Å². The Bertz CT molecular complexity index is 254. The minimum absolute atomic E-state index is 0.0245. The van der Waals surface area contributed by atoms with E-state index in [9.17, 15) is 9.59 Å². The second-order valence-electron chi connectivity index (χ2n) is 3.94. The highest BCUT2D eigenvalue weighted by Crippen LogP contribution is 2.22. The molecule has 0 aliphatic carbocycles. The number of carboxylic acids is 1. The number of nitrogens with zero attached hydrogens (tertiary/aromatic N) is 1. The molecule has 5 heteroatoms. The number of piperidine rings is 1. The Balaban J connectivity index is 2.60. The van der Waals surface area contributed by atoms with Crippen molar-refractivity contribution in [1.29, 1.82) is 0 Å². The highest BCUT2D eigenvalue weighted by Gasteiger charge is 2.32. The molecular formula is C10H17NO4. The number of rotatable bonds is 3. The smallest absolute Gasteiger partial charge is 0.308 e. The molecule has 0 aromatic carbocycles. The molecule has 15 heavy (non-hydrogen) atoms. The molecule has 1 fully saturated rings. The summed E-state index contributed by atoms with van der Waals surface area (Å²) in [7, 11) is 1.46. The maximum atomic E-state index is 11.6. The predicted octanol–water partition coefficient (Wildman–Crippen LogP) is 0.345. The van der Waals surface area contributed by atoms with Gasteiger partial charge in [0.05, 0.1) is 5.92 Å². The fourth-order valence-corrected chi connectivity index (χ4v) is 1.86. The Labute approximate surface area is 89.0 Å². The number of methoxy groups -OCH3 is 1. The third kappa shape index (κ3) is 2.92. The lowest BCUT2D eigenvalue weighted by atomic mass is 9.93. The third-order valence-electron chi connectivity index (χ3n) is 2.82. The fraction of sp³-hybridized carbons (Fsp3) is 0.800. The molecule has 1 saturated heterocycles. The Morgan fingerprint density at radius 2 is 2.13 bits per heavy atom. The van der Waals surface area contributed by atoms with E-state index >= 15 is 0 Å². The molecule has 0 saturated carbocycles. The lowest BCUT2D eigenvalue weighted by molar-refractivity contribution is -0.148. The minimum Gasteiger partial charge on any atom is -0.481 e. The average molecular weight is 215 g/mol. The van der Waals surface area contributed by atoms with Gasteiger partial charge < -0.3 is 14.7 Å². The lowest BCUT2D eigenvalue weighted by Crippen LogP contribution is -2.48. The first-order valence-corrected chi connectivity index (χ1v) is 5.07. The van der Waals surface area contributed by atoms with E-state index in [0.717, 1.165) is 6.42 Å². The molecule has 1 amide bonds. The van der Waals surface area contributed by atoms with Crippen molar-refractivity contribution < 1.29 is 19.4 Å². The highest BCUT2D eigenvalue weighted by molar-refractivity contribution is 5.79. The van der Waals surface area contributed by atoms with E-state index in [4.69, 9.17) is 9.84 Å². The molecule has 5 nitrogen and oxygen atoms in total. The van der Waals surface area contributed by atoms with Crippen LogP contribution >= 0.6 is 0 Å². The van der Waals surface area contributed by atoms with Crippen LogP contribution in [0.2, 0.25) is 0 Å². The SMILES string of the molecule is COCC(=O)N1CC(C(=O)O)CCC1C. The van der Waals surface area contributed by atoms with Crippen LogP contribution in [0.5, 0.6) is 0 Å². The number of likely N-dealkylation sites (tertiary alicyclic amines) is 1. The normalized spacial score (nSPS) is 26.4. The third-order valence-corrected chi connectivity index (χ3v) is 2.82. The molecule has 1 aliphatic rings. The van der Waals surface area contributed by atoms with Gasteiger partial charge in [-0.3, -0.25) is 9.59 Å². The standard InChI is InChI=1S/C10H17NO4/c1-7-3-4-8(10(13)14)5-11(7)9(12)6-15-2/h7-8H,3-6H2,1-2H3,(H,13,14). The minimum atomic E-state index is -0.822. The van der Waals surface area contributed by atoms with E-state index in [1.165, 1.54) is 7.11 Å². The van der Waals surface area contributed by atoms with Gasteiger partial charge in [-0.1, -0.05) is 0 Å². The van der Waals surface area contributed by atoms with Crippen LogP contribution in [-0.4, -0.2) is 48.2 Å². The van der Waals surface area contributed by atoms with E-state index < -0.39 is 11.9 Å². The van der Waals surface area contributed by atoms with Gasteiger partial charge in [0.1, 0.15) is 6.61 Å². The van der Waals surface area contributed by atoms with Gasteiger partial charge in [0.2, 0.25) is 5.91 Å². The van der Waals surface area contributed by atoms with Gasteiger partial charge in [0.25, 0.3) is 0 Å². The molecule has 1 aliphatic heterocycles. The van der Waals surface area contributed by atoms with E-state index in [2.05, 4.69) is 0 Å². The largest absolute Gasteiger partial charge is 0.481 e. The summed E-state index contributed by atoms with van der Waals surface area (Å²) in [6.45, 7) is 2.26. The first-order valence-electron chi connectivity index (χ1n) is 5.07. The molecule has 2 unspecified atom stereocenters. The number of hydrogen-bond acceptors (Lipinski definition) is 3. The van der Waals surface area contributed by atoms with Crippen molar-refractivity contribution in [2.24, 2.45) is 5.92 Å². The predicted molar refractivity (Wildman–Crippen MR) is 53.4 cm³/mol. The number of carbonyl (C=O) groups excluding carboxylic acids is 1. The first-order chi connectivity index (χ1) is 7.06. The first kappa shape index (κ1) is 12.0. The van der Waals surface area contributed by atoms with Gasteiger partial charge in [0.15, 0.2) is 0 Å². The zero-order valence-corrected chi connectivity index (χ0v) is 9.10. The summed E-state index contributed by atoms with van der Waals surface area (Å²) in [4.78, 5) is 24.0. The second-order valence-corrected chi connectivity index (χ2v) is 3.94. The van der Waals surface area contributed by atoms with Gasteiger partial charge in [0, 0.05) is 19.7 Å². The summed E-state index contributed by atoms with van der Waals surface area (Å²) in [6.07, 6.45) is 1.39. The zero-order valence-electron chi connectivity index (χ0n) is 9.10. The maximum absolute atomic E-state index is 11.6. The molecule has 1 heterocycles. The number of aliphatic carboxylic acids is 1. The monoisotopic (exact) mass is 215 g/mol. The summed E-state index contributed by atoms with van der Waals surface area (Å²) in [5.74, 6) is -1.38. The van der Waals surface area contributed by atoms with Crippen LogP contribution in [0.3, 0.4) is 0 Å². The van der Waals surface area contributed by atoms with Crippen LogP contribution in [0, 0.1) is 5.92 Å². The van der Waals surface area contributed by atoms with E-state index in [-0.39, 0.29) is 18.6 Å². The van der Waals surface area contributed by atoms with Crippen LogP contribution in [0.4, 0.5) is 0 Å². The Morgan fingerprint density at radius 1 is 1.47 bits per heavy atom. The lowest BCUT2D eigenvalue weighted by Gasteiger charge is -2.36. The van der Waals surface area contributed by atoms with Crippen LogP contribution < -0.4 is 0 Å². The van der Waals surface area contributed by atoms with Crippen LogP contribution in [0.15, 0.2) is 0 Å². The number of amides is 1. The molecule has 0 spiro atoms. The molecule has 1 rings (SSSR count).